The molecule has 4 heteroatoms. The van der Waals surface area contributed by atoms with Gasteiger partial charge in [-0.15, -0.1) is 5.43 Å². The largest absolute Gasteiger partial charge is 0.350 e. The molecular weight excluding hydrogens is 274 g/mol. The Morgan fingerprint density at radius 1 is 1.00 bits per heavy atom. The zero-order valence-electron chi connectivity index (χ0n) is 12.2. The Morgan fingerprint density at radius 3 is 2.59 bits per heavy atom. The van der Waals surface area contributed by atoms with Crippen LogP contribution in [0.5, 0.6) is 0 Å². The quantitative estimate of drug-likeness (QED) is 0.715. The van der Waals surface area contributed by atoms with Gasteiger partial charge in [0.15, 0.2) is 0 Å². The monoisotopic (exact) mass is 288 g/mol. The first kappa shape index (κ1) is 12.8. The van der Waals surface area contributed by atoms with Gasteiger partial charge >= 0.3 is 0 Å². The number of hydrogen-bond donors (Lipinski definition) is 0. The number of carbonyl (C=O) groups is 1. The van der Waals surface area contributed by atoms with Gasteiger partial charge in [-0.2, -0.15) is 5.10 Å². The number of benzene rings is 2. The molecule has 0 unspecified atom stereocenters. The van der Waals surface area contributed by atoms with E-state index in [2.05, 4.69) is 33.4 Å². The van der Waals surface area contributed by atoms with E-state index in [1.165, 1.54) is 16.5 Å². The number of rotatable bonds is 2. The summed E-state index contributed by atoms with van der Waals surface area (Å²) in [6.45, 7) is 0. The Kier molecular flexibility index (Phi) is 2.82. The van der Waals surface area contributed by atoms with Gasteiger partial charge in [-0.25, -0.2) is 0 Å². The fraction of sp³-hybridized carbons (Fsp3) is 0.111. The third-order valence-electron chi connectivity index (χ3n) is 4.07. The molecule has 1 aromatic heterocycles. The molecule has 0 saturated carbocycles. The van der Waals surface area contributed by atoms with Gasteiger partial charge in [0, 0.05) is 36.1 Å². The van der Waals surface area contributed by atoms with E-state index in [1.54, 1.807) is 6.07 Å². The molecule has 0 spiro atoms. The van der Waals surface area contributed by atoms with Crippen LogP contribution in [-0.2, 0) is 13.5 Å². The minimum absolute atomic E-state index is 0.266. The number of carbonyl (C=O) groups excluding carboxylic acids is 1. The maximum Gasteiger partial charge on any atom is 0.296 e. The lowest BCUT2D eigenvalue weighted by molar-refractivity contribution is 0.0947. The molecule has 0 atom stereocenters. The van der Waals surface area contributed by atoms with Crippen molar-refractivity contribution in [2.45, 2.75) is 6.42 Å². The van der Waals surface area contributed by atoms with Gasteiger partial charge in [-0.05, 0) is 17.7 Å². The molecule has 0 aliphatic carbocycles. The molecule has 107 valence electrons. The third-order valence-corrected chi connectivity index (χ3v) is 4.07. The first-order valence-electron chi connectivity index (χ1n) is 7.18. The molecular formula is C18H14N3O. The summed E-state index contributed by atoms with van der Waals surface area (Å²) in [6.07, 6.45) is 2.78. The van der Waals surface area contributed by atoms with Crippen LogP contribution >= 0.6 is 0 Å². The third kappa shape index (κ3) is 1.92. The molecule has 22 heavy (non-hydrogen) atoms. The number of hydrogen-bond acceptors (Lipinski definition) is 2. The number of nitrogens with zero attached hydrogens (tertiary/aromatic N) is 3. The first-order valence-corrected chi connectivity index (χ1v) is 7.18. The van der Waals surface area contributed by atoms with Crippen molar-refractivity contribution in [1.29, 1.82) is 0 Å². The highest BCUT2D eigenvalue weighted by molar-refractivity contribution is 6.14. The number of aryl methyl sites for hydroxylation is 1. The van der Waals surface area contributed by atoms with Crippen molar-refractivity contribution < 1.29 is 4.79 Å². The number of aromatic nitrogens is 1. The zero-order chi connectivity index (χ0) is 15.1. The summed E-state index contributed by atoms with van der Waals surface area (Å²) in [5, 5.41) is 5.36. The van der Waals surface area contributed by atoms with E-state index in [1.807, 2.05) is 37.4 Å². The Bertz CT molecular complexity index is 921. The predicted octanol–water partition coefficient (Wildman–Crippen LogP) is 2.88. The lowest BCUT2D eigenvalue weighted by atomic mass is 9.96. The summed E-state index contributed by atoms with van der Waals surface area (Å²) >= 11 is 0. The fourth-order valence-electron chi connectivity index (χ4n) is 3.01. The summed E-state index contributed by atoms with van der Waals surface area (Å²) < 4.78 is 2.11. The summed E-state index contributed by atoms with van der Waals surface area (Å²) in [4.78, 5) is 11.8. The molecule has 1 aliphatic heterocycles. The second-order valence-corrected chi connectivity index (χ2v) is 5.46. The summed E-state index contributed by atoms with van der Waals surface area (Å²) in [7, 11) is 2.04. The summed E-state index contributed by atoms with van der Waals surface area (Å²) in [5.41, 5.74) is 8.52. The molecule has 2 aromatic carbocycles. The van der Waals surface area contributed by atoms with Crippen molar-refractivity contribution in [1.82, 2.24) is 9.99 Å². The van der Waals surface area contributed by atoms with Crippen LogP contribution in [0.3, 0.4) is 0 Å². The molecule has 0 saturated heterocycles. The molecule has 0 bridgehead atoms. The van der Waals surface area contributed by atoms with Crippen LogP contribution in [0.4, 0.5) is 0 Å². The van der Waals surface area contributed by atoms with E-state index >= 15 is 0 Å². The average Bonchev–Trinajstić information content (AvgIpc) is 2.87. The minimum Gasteiger partial charge on any atom is -0.350 e. The highest BCUT2D eigenvalue weighted by Gasteiger charge is 2.22. The van der Waals surface area contributed by atoms with Crippen LogP contribution in [-0.4, -0.2) is 16.2 Å². The molecule has 2 heterocycles. The van der Waals surface area contributed by atoms with E-state index < -0.39 is 0 Å². The van der Waals surface area contributed by atoms with Crippen LogP contribution in [0.1, 0.15) is 21.5 Å². The van der Waals surface area contributed by atoms with E-state index in [0.717, 1.165) is 11.3 Å². The Morgan fingerprint density at radius 2 is 1.73 bits per heavy atom. The van der Waals surface area contributed by atoms with E-state index in [0.29, 0.717) is 12.0 Å². The molecule has 1 aliphatic rings. The molecule has 1 amide bonds. The smallest absolute Gasteiger partial charge is 0.296 e. The van der Waals surface area contributed by atoms with Gasteiger partial charge in [0.2, 0.25) is 0 Å². The van der Waals surface area contributed by atoms with Crippen molar-refractivity contribution in [3.63, 3.8) is 0 Å². The van der Waals surface area contributed by atoms with Gasteiger partial charge in [0.05, 0.1) is 11.3 Å². The van der Waals surface area contributed by atoms with Crippen molar-refractivity contribution in [3.05, 3.63) is 71.4 Å². The maximum absolute atomic E-state index is 11.8. The van der Waals surface area contributed by atoms with Gasteiger partial charge in [0.1, 0.15) is 0 Å². The molecule has 4 rings (SSSR count). The molecule has 0 N–H and O–H groups in total. The van der Waals surface area contributed by atoms with Gasteiger partial charge in [-0.3, -0.25) is 4.79 Å². The van der Waals surface area contributed by atoms with Crippen LogP contribution in [0, 0.1) is 0 Å². The zero-order valence-corrected chi connectivity index (χ0v) is 12.2. The molecule has 3 aromatic rings. The SMILES string of the molecule is Cn1cc(CC2=N[N]C(=O)c3ccccc32)c2ccccc21. The number of para-hydroxylation sites is 1. The highest BCUT2D eigenvalue weighted by atomic mass is 16.2. The Labute approximate surface area is 128 Å². The van der Waals surface area contributed by atoms with Gasteiger partial charge in [-0.1, -0.05) is 36.4 Å². The lowest BCUT2D eigenvalue weighted by Gasteiger charge is -2.14. The Hall–Kier alpha value is -2.88. The minimum atomic E-state index is -0.266. The molecule has 4 nitrogen and oxygen atoms in total. The number of fused-ring (bicyclic) bond motifs is 2. The van der Waals surface area contributed by atoms with Crippen LogP contribution in [0.25, 0.3) is 10.9 Å². The Balaban J connectivity index is 1.79. The van der Waals surface area contributed by atoms with Crippen molar-refractivity contribution in [2.75, 3.05) is 0 Å². The normalized spacial score (nSPS) is 13.7. The first-order chi connectivity index (χ1) is 10.7. The molecule has 1 radical (unpaired) electrons. The van der Waals surface area contributed by atoms with Gasteiger partial charge in [0.25, 0.3) is 5.91 Å². The maximum atomic E-state index is 11.8. The van der Waals surface area contributed by atoms with E-state index in [-0.39, 0.29) is 5.91 Å². The summed E-state index contributed by atoms with van der Waals surface area (Å²) in [6, 6.07) is 15.8. The lowest BCUT2D eigenvalue weighted by Crippen LogP contribution is -2.24. The van der Waals surface area contributed by atoms with Crippen molar-refractivity contribution in [2.24, 2.45) is 12.1 Å². The van der Waals surface area contributed by atoms with Crippen LogP contribution in [0.2, 0.25) is 0 Å². The standard InChI is InChI=1S/C18H14N3O/c1-21-11-12(13-6-4-5-9-17(13)21)10-16-14-7-2-3-8-15(14)18(22)20-19-16/h2-9,11H,10H2,1H3. The van der Waals surface area contributed by atoms with Gasteiger partial charge < -0.3 is 4.57 Å². The molecule has 0 fully saturated rings. The van der Waals surface area contributed by atoms with E-state index in [4.69, 9.17) is 0 Å². The fourth-order valence-corrected chi connectivity index (χ4v) is 3.01. The average molecular weight is 288 g/mol. The second-order valence-electron chi connectivity index (χ2n) is 5.46. The van der Waals surface area contributed by atoms with Crippen molar-refractivity contribution >= 4 is 22.5 Å². The van der Waals surface area contributed by atoms with Crippen LogP contribution < -0.4 is 5.43 Å². The van der Waals surface area contributed by atoms with Crippen LogP contribution in [0.15, 0.2) is 59.8 Å². The summed E-state index contributed by atoms with van der Waals surface area (Å²) in [5.74, 6) is -0.266. The topological polar surface area (TPSA) is 48.5 Å². The number of amides is 1. The highest BCUT2D eigenvalue weighted by Crippen LogP contribution is 2.24. The van der Waals surface area contributed by atoms with E-state index in [9.17, 15) is 4.79 Å². The predicted molar refractivity (Wildman–Crippen MR) is 86.1 cm³/mol. The second kappa shape index (κ2) is 4.84. The van der Waals surface area contributed by atoms with Crippen molar-refractivity contribution in [3.8, 4) is 0 Å².